The van der Waals surface area contributed by atoms with Gasteiger partial charge in [0, 0.05) is 0 Å². The van der Waals surface area contributed by atoms with E-state index in [2.05, 4.69) is 5.16 Å². The van der Waals surface area contributed by atoms with Crippen LogP contribution in [0.4, 0.5) is 5.88 Å². The van der Waals surface area contributed by atoms with E-state index >= 15 is 0 Å². The van der Waals surface area contributed by atoms with E-state index in [1.54, 1.807) is 0 Å². The molecule has 0 radical (unpaired) electrons. The van der Waals surface area contributed by atoms with Gasteiger partial charge in [-0.1, -0.05) is 5.16 Å². The zero-order chi connectivity index (χ0) is 9.68. The third-order valence-corrected chi connectivity index (χ3v) is 1.21. The summed E-state index contributed by atoms with van der Waals surface area (Å²) in [5.41, 5.74) is 0. The number of oxime groups is 1. The van der Waals surface area contributed by atoms with Gasteiger partial charge in [-0.05, 0) is 18.2 Å². The number of allylic oxidation sites excluding steroid dienone is 1. The second-order valence-corrected chi connectivity index (χ2v) is 2.06. The Labute approximate surface area is 72.9 Å². The average molecular weight is 182 g/mol. The predicted octanol–water partition coefficient (Wildman–Crippen LogP) is 1.66. The molecule has 6 nitrogen and oxygen atoms in total. The third-order valence-electron chi connectivity index (χ3n) is 1.21. The zero-order valence-corrected chi connectivity index (χ0v) is 6.45. The van der Waals surface area contributed by atoms with E-state index in [1.165, 1.54) is 24.3 Å². The molecule has 1 N–H and O–H groups in total. The maximum absolute atomic E-state index is 10.2. The van der Waals surface area contributed by atoms with Gasteiger partial charge >= 0.3 is 5.88 Å². The predicted molar refractivity (Wildman–Crippen MR) is 44.7 cm³/mol. The molecule has 6 heteroatoms. The second-order valence-electron chi connectivity index (χ2n) is 2.06. The molecule has 0 aromatic carbocycles. The first-order chi connectivity index (χ1) is 6.24. The van der Waals surface area contributed by atoms with Crippen LogP contribution in [0, 0.1) is 10.1 Å². The highest BCUT2D eigenvalue weighted by atomic mass is 16.6. The summed E-state index contributed by atoms with van der Waals surface area (Å²) in [6.45, 7) is 0. The number of nitro groups is 1. The molecule has 0 saturated heterocycles. The molecule has 1 heterocycles. The lowest BCUT2D eigenvalue weighted by molar-refractivity contribution is -0.402. The molecule has 0 aliphatic heterocycles. The summed E-state index contributed by atoms with van der Waals surface area (Å²) in [6.07, 6.45) is 3.95. The fourth-order valence-electron chi connectivity index (χ4n) is 0.706. The summed E-state index contributed by atoms with van der Waals surface area (Å²) in [4.78, 5) is 9.54. The number of nitrogens with zero attached hydrogens (tertiary/aromatic N) is 2. The second kappa shape index (κ2) is 4.05. The van der Waals surface area contributed by atoms with E-state index in [1.807, 2.05) is 0 Å². The summed E-state index contributed by atoms with van der Waals surface area (Å²) >= 11 is 0. The van der Waals surface area contributed by atoms with Crippen LogP contribution >= 0.6 is 0 Å². The molecule has 1 rings (SSSR count). The molecule has 0 unspecified atom stereocenters. The number of rotatable bonds is 3. The van der Waals surface area contributed by atoms with Crippen LogP contribution in [0.1, 0.15) is 5.76 Å². The standard InChI is InChI=1S/C7H6N2O4/c10-8-5-1-2-6-3-4-7(13-6)9(11)12/h1-5,10H/b2-1+,8-5-. The van der Waals surface area contributed by atoms with Gasteiger partial charge in [-0.3, -0.25) is 10.1 Å². The first kappa shape index (κ1) is 8.98. The first-order valence-corrected chi connectivity index (χ1v) is 3.32. The smallest absolute Gasteiger partial charge is 0.411 e. The first-order valence-electron chi connectivity index (χ1n) is 3.32. The van der Waals surface area contributed by atoms with Gasteiger partial charge in [0.25, 0.3) is 0 Å². The largest absolute Gasteiger partial charge is 0.433 e. The highest BCUT2D eigenvalue weighted by Gasteiger charge is 2.09. The van der Waals surface area contributed by atoms with Crippen LogP contribution in [0.2, 0.25) is 0 Å². The summed E-state index contributed by atoms with van der Waals surface area (Å²) in [5, 5.41) is 20.9. The van der Waals surface area contributed by atoms with Crippen LogP contribution in [0.5, 0.6) is 0 Å². The van der Waals surface area contributed by atoms with E-state index in [0.717, 1.165) is 6.21 Å². The number of hydrogen-bond donors (Lipinski definition) is 1. The van der Waals surface area contributed by atoms with E-state index in [4.69, 9.17) is 9.62 Å². The van der Waals surface area contributed by atoms with Crippen molar-refractivity contribution in [3.05, 3.63) is 34.1 Å². The summed E-state index contributed by atoms with van der Waals surface area (Å²) in [7, 11) is 0. The summed E-state index contributed by atoms with van der Waals surface area (Å²) in [5.74, 6) is 0.00665. The van der Waals surface area contributed by atoms with Crippen LogP contribution in [-0.2, 0) is 0 Å². The quantitative estimate of drug-likeness (QED) is 0.333. The molecule has 1 aromatic rings. The highest BCUT2D eigenvalue weighted by molar-refractivity contribution is 5.76. The Morgan fingerprint density at radius 2 is 2.38 bits per heavy atom. The number of hydrogen-bond acceptors (Lipinski definition) is 5. The minimum atomic E-state index is -0.628. The molecule has 0 amide bonds. The zero-order valence-electron chi connectivity index (χ0n) is 6.45. The SMILES string of the molecule is O=[N+]([O-])c1ccc(/C=C/C=N\O)o1. The van der Waals surface area contributed by atoms with Gasteiger partial charge in [-0.25, -0.2) is 0 Å². The van der Waals surface area contributed by atoms with Crippen molar-refractivity contribution in [2.45, 2.75) is 0 Å². The van der Waals surface area contributed by atoms with E-state index in [9.17, 15) is 10.1 Å². The molecule has 68 valence electrons. The number of furan rings is 1. The van der Waals surface area contributed by atoms with E-state index < -0.39 is 4.92 Å². The van der Waals surface area contributed by atoms with Gasteiger partial charge in [0.2, 0.25) is 0 Å². The van der Waals surface area contributed by atoms with Crippen LogP contribution in [0.15, 0.2) is 27.8 Å². The molecule has 0 aliphatic carbocycles. The lowest BCUT2D eigenvalue weighted by Gasteiger charge is -1.81. The van der Waals surface area contributed by atoms with Gasteiger partial charge in [0.1, 0.15) is 10.7 Å². The summed E-state index contributed by atoms with van der Waals surface area (Å²) in [6, 6.07) is 2.69. The third kappa shape index (κ3) is 2.44. The van der Waals surface area contributed by atoms with Gasteiger partial charge in [-0.2, -0.15) is 0 Å². The van der Waals surface area contributed by atoms with E-state index in [-0.39, 0.29) is 5.88 Å². The molecule has 0 aliphatic rings. The molecule has 0 fully saturated rings. The van der Waals surface area contributed by atoms with Crippen molar-refractivity contribution in [2.24, 2.45) is 5.16 Å². The minimum absolute atomic E-state index is 0.319. The summed E-state index contributed by atoms with van der Waals surface area (Å²) < 4.78 is 4.76. The van der Waals surface area contributed by atoms with Crippen molar-refractivity contribution in [3.63, 3.8) is 0 Å². The van der Waals surface area contributed by atoms with Crippen LogP contribution in [0.3, 0.4) is 0 Å². The molecule has 0 spiro atoms. The van der Waals surface area contributed by atoms with Crippen LogP contribution in [-0.4, -0.2) is 16.3 Å². The van der Waals surface area contributed by atoms with Gasteiger partial charge < -0.3 is 9.62 Å². The fraction of sp³-hybridized carbons (Fsp3) is 0. The maximum atomic E-state index is 10.2. The fourth-order valence-corrected chi connectivity index (χ4v) is 0.706. The van der Waals surface area contributed by atoms with Crippen molar-refractivity contribution >= 4 is 18.2 Å². The topological polar surface area (TPSA) is 88.9 Å². The highest BCUT2D eigenvalue weighted by Crippen LogP contribution is 2.16. The Bertz CT molecular complexity index is 353. The average Bonchev–Trinajstić information content (AvgIpc) is 2.53. The molecular weight excluding hydrogens is 176 g/mol. The van der Waals surface area contributed by atoms with Crippen molar-refractivity contribution < 1.29 is 14.5 Å². The Hall–Kier alpha value is -2.11. The van der Waals surface area contributed by atoms with Crippen molar-refractivity contribution in [1.82, 2.24) is 0 Å². The monoisotopic (exact) mass is 182 g/mol. The molecular formula is C7H6N2O4. The van der Waals surface area contributed by atoms with Crippen molar-refractivity contribution in [1.29, 1.82) is 0 Å². The maximum Gasteiger partial charge on any atom is 0.433 e. The minimum Gasteiger partial charge on any atom is -0.411 e. The Morgan fingerprint density at radius 1 is 1.62 bits per heavy atom. The molecule has 0 atom stereocenters. The molecule has 0 saturated carbocycles. The Kier molecular flexibility index (Phi) is 2.80. The van der Waals surface area contributed by atoms with Crippen LogP contribution < -0.4 is 0 Å². The Morgan fingerprint density at radius 3 is 2.92 bits per heavy atom. The van der Waals surface area contributed by atoms with Gasteiger partial charge in [0.15, 0.2) is 0 Å². The molecule has 0 bridgehead atoms. The molecule has 1 aromatic heterocycles. The normalized spacial score (nSPS) is 11.4. The van der Waals surface area contributed by atoms with Gasteiger partial charge in [-0.15, -0.1) is 0 Å². The van der Waals surface area contributed by atoms with Crippen molar-refractivity contribution in [3.8, 4) is 0 Å². The van der Waals surface area contributed by atoms with Crippen molar-refractivity contribution in [2.75, 3.05) is 0 Å². The van der Waals surface area contributed by atoms with E-state index in [0.29, 0.717) is 5.76 Å². The lowest BCUT2D eigenvalue weighted by atomic mass is 10.4. The van der Waals surface area contributed by atoms with Crippen LogP contribution in [0.25, 0.3) is 6.08 Å². The van der Waals surface area contributed by atoms with Gasteiger partial charge in [0.05, 0.1) is 12.3 Å². The molecule has 13 heavy (non-hydrogen) atoms. The Balaban J connectivity index is 2.74. The lowest BCUT2D eigenvalue weighted by Crippen LogP contribution is -1.82.